The first-order valence-electron chi connectivity index (χ1n) is 11.7. The van der Waals surface area contributed by atoms with Crippen LogP contribution in [0.2, 0.25) is 0 Å². The van der Waals surface area contributed by atoms with Gasteiger partial charge in [0.15, 0.2) is 17.3 Å². The fourth-order valence-corrected chi connectivity index (χ4v) is 4.41. The molecule has 11 nitrogen and oxygen atoms in total. The van der Waals surface area contributed by atoms with E-state index in [1.54, 1.807) is 19.2 Å². The summed E-state index contributed by atoms with van der Waals surface area (Å²) in [6.45, 7) is 1.67. The number of nitrogens with one attached hydrogen (secondary N) is 2. The van der Waals surface area contributed by atoms with Crippen LogP contribution in [0.15, 0.2) is 18.3 Å². The van der Waals surface area contributed by atoms with Crippen molar-refractivity contribution >= 4 is 34.4 Å². The zero-order valence-corrected chi connectivity index (χ0v) is 20.0. The smallest absolute Gasteiger partial charge is 0.243 e. The van der Waals surface area contributed by atoms with E-state index in [9.17, 15) is 18.0 Å². The first kappa shape index (κ1) is 24.6. The standard InChI is InChI=1S/C22H24F4N10O/c1-11(37)34-7-5-14(12(23)9-34)29-22-30-20(27-2)19-18(13(24)10-36(19)32-22)15-3-4-16-21(28-15)35(33-31-16)8-6-17(25)26/h3-4,10,12,14,17H,5-9H2,1-2H3,(H2,27,29,30,32). The molecule has 15 heteroatoms. The number of alkyl halides is 3. The van der Waals surface area contributed by atoms with Crippen molar-refractivity contribution in [2.45, 2.75) is 44.9 Å². The third kappa shape index (κ3) is 4.72. The maximum Gasteiger partial charge on any atom is 0.243 e. The van der Waals surface area contributed by atoms with Crippen LogP contribution in [0, 0.1) is 5.82 Å². The van der Waals surface area contributed by atoms with Crippen LogP contribution in [0.4, 0.5) is 29.3 Å². The van der Waals surface area contributed by atoms with E-state index >= 15 is 4.39 Å². The Bertz CT molecular complexity index is 1450. The lowest BCUT2D eigenvalue weighted by atomic mass is 10.0. The summed E-state index contributed by atoms with van der Waals surface area (Å²) in [5.41, 5.74) is 1.22. The summed E-state index contributed by atoms with van der Waals surface area (Å²) in [7, 11) is 1.60. The third-order valence-corrected chi connectivity index (χ3v) is 6.30. The molecule has 1 fully saturated rings. The van der Waals surface area contributed by atoms with Crippen LogP contribution in [-0.2, 0) is 11.3 Å². The first-order chi connectivity index (χ1) is 17.7. The number of nitrogens with zero attached hydrogens (tertiary/aromatic N) is 8. The van der Waals surface area contributed by atoms with E-state index in [0.29, 0.717) is 18.5 Å². The number of hydrogen-bond donors (Lipinski definition) is 2. The Balaban J connectivity index is 1.49. The van der Waals surface area contributed by atoms with Gasteiger partial charge >= 0.3 is 0 Å². The number of aromatic nitrogens is 7. The van der Waals surface area contributed by atoms with Crippen molar-refractivity contribution in [2.75, 3.05) is 30.8 Å². The lowest BCUT2D eigenvalue weighted by molar-refractivity contribution is -0.131. The molecule has 37 heavy (non-hydrogen) atoms. The van der Waals surface area contributed by atoms with E-state index in [0.717, 1.165) is 6.20 Å². The Morgan fingerprint density at radius 1 is 1.27 bits per heavy atom. The SMILES string of the molecule is CNc1nc(NC2CCN(C(C)=O)CC2F)nn2cc(F)c(-c3ccc4nnn(CCC(F)F)c4n3)c12. The average Bonchev–Trinajstić information content (AvgIpc) is 3.42. The Kier molecular flexibility index (Phi) is 6.52. The molecule has 0 spiro atoms. The van der Waals surface area contributed by atoms with Crippen LogP contribution in [0.1, 0.15) is 19.8 Å². The topological polar surface area (TPSA) is 118 Å². The number of likely N-dealkylation sites (tertiary alicyclic amines) is 1. The van der Waals surface area contributed by atoms with Crippen LogP contribution < -0.4 is 10.6 Å². The first-order valence-corrected chi connectivity index (χ1v) is 11.7. The van der Waals surface area contributed by atoms with Gasteiger partial charge in [-0.25, -0.2) is 31.7 Å². The van der Waals surface area contributed by atoms with Crippen molar-refractivity contribution in [3.63, 3.8) is 0 Å². The quantitative estimate of drug-likeness (QED) is 0.357. The predicted octanol–water partition coefficient (Wildman–Crippen LogP) is 2.74. The van der Waals surface area contributed by atoms with Gasteiger partial charge in [0.1, 0.15) is 17.2 Å². The van der Waals surface area contributed by atoms with Crippen LogP contribution in [0.3, 0.4) is 0 Å². The Labute approximate surface area is 207 Å². The maximum absolute atomic E-state index is 15.2. The minimum atomic E-state index is -2.51. The van der Waals surface area contributed by atoms with Gasteiger partial charge in [-0.05, 0) is 18.6 Å². The molecule has 0 radical (unpaired) electrons. The summed E-state index contributed by atoms with van der Waals surface area (Å²) in [6, 6.07) is 2.51. The number of piperidine rings is 1. The lowest BCUT2D eigenvalue weighted by Crippen LogP contribution is -2.49. The van der Waals surface area contributed by atoms with Crippen molar-refractivity contribution in [1.29, 1.82) is 0 Å². The van der Waals surface area contributed by atoms with Crippen molar-refractivity contribution in [1.82, 2.24) is 39.5 Å². The fraction of sp³-hybridized carbons (Fsp3) is 0.455. The molecule has 4 aromatic rings. The van der Waals surface area contributed by atoms with E-state index in [4.69, 9.17) is 0 Å². The molecular weight excluding hydrogens is 496 g/mol. The number of fused-ring (bicyclic) bond motifs is 2. The van der Waals surface area contributed by atoms with E-state index in [-0.39, 0.29) is 53.2 Å². The minimum Gasteiger partial charge on any atom is -0.371 e. The second-order valence-corrected chi connectivity index (χ2v) is 8.73. The highest BCUT2D eigenvalue weighted by molar-refractivity contribution is 5.89. The molecule has 0 bridgehead atoms. The van der Waals surface area contributed by atoms with Crippen LogP contribution >= 0.6 is 0 Å². The van der Waals surface area contributed by atoms with Gasteiger partial charge in [-0.3, -0.25) is 4.79 Å². The highest BCUT2D eigenvalue weighted by Gasteiger charge is 2.31. The van der Waals surface area contributed by atoms with Gasteiger partial charge in [0, 0.05) is 26.9 Å². The second-order valence-electron chi connectivity index (χ2n) is 8.73. The van der Waals surface area contributed by atoms with E-state index in [1.165, 1.54) is 21.0 Å². The summed E-state index contributed by atoms with van der Waals surface area (Å²) >= 11 is 0. The number of carbonyl (C=O) groups excluding carboxylic acids is 1. The molecule has 5 rings (SSSR count). The van der Waals surface area contributed by atoms with E-state index in [1.807, 2.05) is 0 Å². The van der Waals surface area contributed by atoms with E-state index < -0.39 is 30.9 Å². The molecule has 0 aliphatic carbocycles. The molecule has 0 saturated carbocycles. The van der Waals surface area contributed by atoms with Crippen molar-refractivity contribution in [3.05, 3.63) is 24.1 Å². The third-order valence-electron chi connectivity index (χ3n) is 6.30. The van der Waals surface area contributed by atoms with Gasteiger partial charge in [-0.1, -0.05) is 5.21 Å². The fourth-order valence-electron chi connectivity index (χ4n) is 4.41. The molecule has 196 valence electrons. The van der Waals surface area contributed by atoms with Gasteiger partial charge < -0.3 is 15.5 Å². The highest BCUT2D eigenvalue weighted by Crippen LogP contribution is 2.33. The molecule has 1 amide bonds. The Hall–Kier alpha value is -4.04. The zero-order valence-electron chi connectivity index (χ0n) is 20.0. The molecule has 1 aliphatic rings. The van der Waals surface area contributed by atoms with Crippen molar-refractivity contribution < 1.29 is 22.4 Å². The summed E-state index contributed by atoms with van der Waals surface area (Å²) in [4.78, 5) is 21.9. The van der Waals surface area contributed by atoms with Gasteiger partial charge in [-0.2, -0.15) is 4.98 Å². The molecule has 1 aliphatic heterocycles. The molecule has 1 saturated heterocycles. The largest absolute Gasteiger partial charge is 0.371 e. The Morgan fingerprint density at radius 2 is 2.08 bits per heavy atom. The van der Waals surface area contributed by atoms with Gasteiger partial charge in [0.05, 0.1) is 36.6 Å². The molecule has 5 heterocycles. The molecule has 2 N–H and O–H groups in total. The molecule has 2 unspecified atom stereocenters. The van der Waals surface area contributed by atoms with E-state index in [2.05, 4.69) is 36.0 Å². The number of carbonyl (C=O) groups is 1. The average molecular weight is 520 g/mol. The second kappa shape index (κ2) is 9.78. The van der Waals surface area contributed by atoms with Crippen molar-refractivity contribution in [2.24, 2.45) is 0 Å². The van der Waals surface area contributed by atoms with Crippen LogP contribution in [0.5, 0.6) is 0 Å². The normalized spacial score (nSPS) is 18.2. The van der Waals surface area contributed by atoms with Gasteiger partial charge in [0.2, 0.25) is 18.3 Å². The highest BCUT2D eigenvalue weighted by atomic mass is 19.3. The van der Waals surface area contributed by atoms with Crippen LogP contribution in [-0.4, -0.2) is 84.2 Å². The minimum absolute atomic E-state index is 0.0344. The van der Waals surface area contributed by atoms with Crippen molar-refractivity contribution in [3.8, 4) is 11.3 Å². The number of hydrogen-bond acceptors (Lipinski definition) is 8. The van der Waals surface area contributed by atoms with Crippen LogP contribution in [0.25, 0.3) is 27.9 Å². The molecular formula is C22H24F4N10O. The number of halogens is 4. The predicted molar refractivity (Wildman–Crippen MR) is 127 cm³/mol. The number of rotatable bonds is 7. The summed E-state index contributed by atoms with van der Waals surface area (Å²) in [5.74, 6) is -0.481. The number of anilines is 2. The molecule has 0 aromatic carbocycles. The Morgan fingerprint density at radius 3 is 2.78 bits per heavy atom. The molecule has 4 aromatic heterocycles. The number of aryl methyl sites for hydroxylation is 1. The zero-order chi connectivity index (χ0) is 26.3. The summed E-state index contributed by atoms with van der Waals surface area (Å²) in [5, 5.41) is 18.0. The van der Waals surface area contributed by atoms with Gasteiger partial charge in [0.25, 0.3) is 0 Å². The van der Waals surface area contributed by atoms with Gasteiger partial charge in [-0.15, -0.1) is 10.2 Å². The number of amides is 1. The maximum atomic E-state index is 15.2. The monoisotopic (exact) mass is 520 g/mol. The molecule has 2 atom stereocenters. The summed E-state index contributed by atoms with van der Waals surface area (Å²) < 4.78 is 57.9. The summed E-state index contributed by atoms with van der Waals surface area (Å²) in [6.07, 6.45) is -2.75. The number of pyridine rings is 1. The lowest BCUT2D eigenvalue weighted by Gasteiger charge is -2.34.